The molecule has 0 fully saturated rings. The van der Waals surface area contributed by atoms with Gasteiger partial charge in [0.15, 0.2) is 0 Å². The number of nitrogens with zero attached hydrogens (tertiary/aromatic N) is 2. The third-order valence-corrected chi connectivity index (χ3v) is 11.2. The predicted molar refractivity (Wildman–Crippen MR) is 227 cm³/mol. The van der Waals surface area contributed by atoms with Crippen molar-refractivity contribution in [2.24, 2.45) is 0 Å². The number of hydrogen-bond acceptors (Lipinski definition) is 0. The van der Waals surface area contributed by atoms with Crippen LogP contribution in [0.5, 0.6) is 0 Å². The molecule has 0 aliphatic rings. The van der Waals surface area contributed by atoms with Gasteiger partial charge >= 0.3 is 0 Å². The van der Waals surface area contributed by atoms with E-state index in [4.69, 9.17) is 0 Å². The minimum atomic E-state index is 1.08. The fourth-order valence-electron chi connectivity index (χ4n) is 7.85. The second-order valence-electron chi connectivity index (χ2n) is 13.3. The summed E-state index contributed by atoms with van der Waals surface area (Å²) < 4.78 is 6.95. The third-order valence-electron chi connectivity index (χ3n) is 10.2. The maximum absolute atomic E-state index is 3.65. The SMILES string of the molecule is Brc1cccc(-c2cccc(-n3c4ccccc4c4cc(-c5ccc6c(c5)c5ccccc5n6-c5cccc(-c6cccc(Br)c6)c5)ccc43)c2)c1. The van der Waals surface area contributed by atoms with Crippen molar-refractivity contribution in [2.45, 2.75) is 0 Å². The van der Waals surface area contributed by atoms with E-state index in [0.717, 1.165) is 20.3 Å². The molecule has 52 heavy (non-hydrogen) atoms. The van der Waals surface area contributed by atoms with Crippen LogP contribution in [0.25, 0.3) is 88.4 Å². The van der Waals surface area contributed by atoms with Gasteiger partial charge in [0.2, 0.25) is 0 Å². The van der Waals surface area contributed by atoms with Gasteiger partial charge in [0.1, 0.15) is 0 Å². The molecule has 8 aromatic carbocycles. The highest BCUT2D eigenvalue weighted by Crippen LogP contribution is 2.39. The Morgan fingerprint density at radius 1 is 0.269 bits per heavy atom. The van der Waals surface area contributed by atoms with E-state index in [9.17, 15) is 0 Å². The summed E-state index contributed by atoms with van der Waals surface area (Å²) in [5, 5.41) is 4.98. The molecule has 10 rings (SSSR count). The van der Waals surface area contributed by atoms with Gasteiger partial charge < -0.3 is 9.13 Å². The lowest BCUT2D eigenvalue weighted by Crippen LogP contribution is -1.94. The van der Waals surface area contributed by atoms with Gasteiger partial charge in [-0.05, 0) is 118 Å². The van der Waals surface area contributed by atoms with Crippen molar-refractivity contribution >= 4 is 75.5 Å². The van der Waals surface area contributed by atoms with Crippen LogP contribution in [-0.2, 0) is 0 Å². The summed E-state index contributed by atoms with van der Waals surface area (Å²) in [5.74, 6) is 0. The van der Waals surface area contributed by atoms with Gasteiger partial charge in [-0.3, -0.25) is 0 Å². The van der Waals surface area contributed by atoms with Crippen LogP contribution in [0.2, 0.25) is 0 Å². The zero-order chi connectivity index (χ0) is 34.8. The summed E-state index contributed by atoms with van der Waals surface area (Å²) in [6.07, 6.45) is 0. The van der Waals surface area contributed by atoms with Gasteiger partial charge in [-0.15, -0.1) is 0 Å². The standard InChI is InChI=1S/C48H30Br2N2/c49-37-13-5-9-31(25-37)33-11-7-15-39(27-33)51-45-19-3-1-17-41(45)43-29-35(21-23-47(43)51)36-22-24-48-44(30-36)42-18-2-4-20-46(42)52(48)40-16-8-12-34(28-40)32-10-6-14-38(50)26-32/h1-30H. The van der Waals surface area contributed by atoms with Gasteiger partial charge in [-0.25, -0.2) is 0 Å². The summed E-state index contributed by atoms with van der Waals surface area (Å²) >= 11 is 7.30. The van der Waals surface area contributed by atoms with E-state index in [1.807, 2.05) is 0 Å². The van der Waals surface area contributed by atoms with Gasteiger partial charge in [-0.1, -0.05) is 129 Å². The zero-order valence-corrected chi connectivity index (χ0v) is 31.1. The van der Waals surface area contributed by atoms with Crippen LogP contribution in [0, 0.1) is 0 Å². The first kappa shape index (κ1) is 31.1. The van der Waals surface area contributed by atoms with Crippen molar-refractivity contribution in [1.29, 1.82) is 0 Å². The number of benzene rings is 8. The lowest BCUT2D eigenvalue weighted by atomic mass is 10.0. The lowest BCUT2D eigenvalue weighted by Gasteiger charge is -2.11. The zero-order valence-electron chi connectivity index (χ0n) is 28.0. The number of fused-ring (bicyclic) bond motifs is 6. The maximum atomic E-state index is 3.65. The molecular formula is C48H30Br2N2. The monoisotopic (exact) mass is 792 g/mol. The maximum Gasteiger partial charge on any atom is 0.0541 e. The number of hydrogen-bond donors (Lipinski definition) is 0. The van der Waals surface area contributed by atoms with Gasteiger partial charge in [0.25, 0.3) is 0 Å². The summed E-state index contributed by atoms with van der Waals surface area (Å²) in [6, 6.07) is 66.0. The Kier molecular flexibility index (Phi) is 7.49. The number of aromatic nitrogens is 2. The molecule has 4 heteroatoms. The average molecular weight is 795 g/mol. The molecule has 0 atom stereocenters. The third kappa shape index (κ3) is 5.21. The van der Waals surface area contributed by atoms with E-state index in [1.165, 1.54) is 77.0 Å². The Morgan fingerprint density at radius 3 is 1.08 bits per heavy atom. The lowest BCUT2D eigenvalue weighted by molar-refractivity contribution is 1.18. The van der Waals surface area contributed by atoms with Gasteiger partial charge in [-0.2, -0.15) is 0 Å². The van der Waals surface area contributed by atoms with Gasteiger partial charge in [0.05, 0.1) is 22.1 Å². The average Bonchev–Trinajstić information content (AvgIpc) is 3.70. The first-order valence-corrected chi connectivity index (χ1v) is 19.0. The molecule has 0 N–H and O–H groups in total. The highest BCUT2D eigenvalue weighted by atomic mass is 79.9. The second-order valence-corrected chi connectivity index (χ2v) is 15.1. The Bertz CT molecular complexity index is 2800. The van der Waals surface area contributed by atoms with Gasteiger partial charge in [0, 0.05) is 41.9 Å². The van der Waals surface area contributed by atoms with Crippen molar-refractivity contribution in [2.75, 3.05) is 0 Å². The van der Waals surface area contributed by atoms with Crippen molar-refractivity contribution < 1.29 is 0 Å². The quantitative estimate of drug-likeness (QED) is 0.164. The molecule has 0 unspecified atom stereocenters. The second kappa shape index (κ2) is 12.5. The molecule has 0 saturated carbocycles. The van der Waals surface area contributed by atoms with Crippen LogP contribution in [0.1, 0.15) is 0 Å². The Balaban J connectivity index is 1.11. The van der Waals surface area contributed by atoms with Crippen LogP contribution >= 0.6 is 31.9 Å². The van der Waals surface area contributed by atoms with E-state index >= 15 is 0 Å². The fraction of sp³-hybridized carbons (Fsp3) is 0. The Morgan fingerprint density at radius 2 is 0.635 bits per heavy atom. The first-order chi connectivity index (χ1) is 25.6. The molecule has 0 radical (unpaired) electrons. The Labute approximate surface area is 318 Å². The minimum Gasteiger partial charge on any atom is -0.309 e. The highest BCUT2D eigenvalue weighted by molar-refractivity contribution is 9.10. The topological polar surface area (TPSA) is 9.86 Å². The predicted octanol–water partition coefficient (Wildman–Crippen LogP) is 14.4. The smallest absolute Gasteiger partial charge is 0.0541 e. The van der Waals surface area contributed by atoms with Crippen molar-refractivity contribution in [1.82, 2.24) is 9.13 Å². The molecule has 2 nitrogen and oxygen atoms in total. The number of rotatable bonds is 5. The molecular weight excluding hydrogens is 764 g/mol. The molecule has 2 aromatic heterocycles. The van der Waals surface area contributed by atoms with Crippen LogP contribution in [0.3, 0.4) is 0 Å². The summed E-state index contributed by atoms with van der Waals surface area (Å²) in [7, 11) is 0. The van der Waals surface area contributed by atoms with Crippen LogP contribution in [-0.4, -0.2) is 9.13 Å². The fourth-order valence-corrected chi connectivity index (χ4v) is 8.64. The number of para-hydroxylation sites is 2. The molecule has 0 spiro atoms. The number of halogens is 2. The van der Waals surface area contributed by atoms with E-state index in [0.29, 0.717) is 0 Å². The molecule has 0 aliphatic carbocycles. The molecule has 10 aromatic rings. The molecule has 0 amide bonds. The van der Waals surface area contributed by atoms with Crippen molar-refractivity contribution in [3.63, 3.8) is 0 Å². The van der Waals surface area contributed by atoms with Crippen molar-refractivity contribution in [3.05, 3.63) is 191 Å². The van der Waals surface area contributed by atoms with E-state index in [1.54, 1.807) is 0 Å². The molecule has 0 saturated heterocycles. The molecule has 2 heterocycles. The molecule has 0 aliphatic heterocycles. The summed E-state index contributed by atoms with van der Waals surface area (Å²) in [5.41, 5.74) is 14.2. The highest BCUT2D eigenvalue weighted by Gasteiger charge is 2.17. The van der Waals surface area contributed by atoms with E-state index in [-0.39, 0.29) is 0 Å². The van der Waals surface area contributed by atoms with Crippen LogP contribution in [0.15, 0.2) is 191 Å². The van der Waals surface area contributed by atoms with Crippen LogP contribution in [0.4, 0.5) is 0 Å². The minimum absolute atomic E-state index is 1.08. The van der Waals surface area contributed by atoms with E-state index in [2.05, 4.69) is 223 Å². The van der Waals surface area contributed by atoms with Crippen LogP contribution < -0.4 is 0 Å². The largest absolute Gasteiger partial charge is 0.309 e. The van der Waals surface area contributed by atoms with Crippen molar-refractivity contribution in [3.8, 4) is 44.8 Å². The summed E-state index contributed by atoms with van der Waals surface area (Å²) in [6.45, 7) is 0. The molecule has 246 valence electrons. The van der Waals surface area contributed by atoms with E-state index < -0.39 is 0 Å². The first-order valence-electron chi connectivity index (χ1n) is 17.4. The normalized spacial score (nSPS) is 11.7. The Hall–Kier alpha value is -5.68. The summed E-state index contributed by atoms with van der Waals surface area (Å²) in [4.78, 5) is 0. The molecule has 0 bridgehead atoms.